The minimum absolute atomic E-state index is 0.102. The fourth-order valence-electron chi connectivity index (χ4n) is 3.38. The van der Waals surface area contributed by atoms with Crippen LogP contribution in [0.3, 0.4) is 0 Å². The number of thiazole rings is 1. The number of aryl methyl sites for hydroxylation is 1. The molecule has 1 amide bonds. The molecule has 3 aromatic rings. The number of nitrogens with zero attached hydrogens (tertiary/aromatic N) is 3. The maximum Gasteiger partial charge on any atom is 0.253 e. The number of pyridine rings is 1. The number of hydrogen-bond donors (Lipinski definition) is 0. The molecular weight excluding hydrogens is 346 g/mol. The molecule has 1 saturated heterocycles. The van der Waals surface area contributed by atoms with Crippen LogP contribution in [0, 0.1) is 12.8 Å². The first-order chi connectivity index (χ1) is 12.7. The third-order valence-electron chi connectivity index (χ3n) is 4.74. The van der Waals surface area contributed by atoms with Crippen LogP contribution in [0.25, 0.3) is 10.2 Å². The topological polar surface area (TPSA) is 55.3 Å². The van der Waals surface area contributed by atoms with Crippen molar-refractivity contribution in [2.45, 2.75) is 19.8 Å². The van der Waals surface area contributed by atoms with Gasteiger partial charge in [0.1, 0.15) is 5.75 Å². The van der Waals surface area contributed by atoms with Crippen LogP contribution < -0.4 is 4.74 Å². The van der Waals surface area contributed by atoms with E-state index in [0.29, 0.717) is 12.5 Å². The van der Waals surface area contributed by atoms with Gasteiger partial charge in [0.15, 0.2) is 0 Å². The standard InChI is InChI=1S/C20H21N3O2S/c1-14-9-17(6-7-21-14)25-12-15-3-2-8-23(11-15)20(24)16-4-5-18-19(10-16)26-13-22-18/h4-7,9-10,13,15H,2-3,8,11-12H2,1H3. The molecule has 1 fully saturated rings. The van der Waals surface area contributed by atoms with Crippen molar-refractivity contribution in [2.24, 2.45) is 5.92 Å². The quantitative estimate of drug-likeness (QED) is 0.701. The van der Waals surface area contributed by atoms with E-state index in [0.717, 1.165) is 53.2 Å². The van der Waals surface area contributed by atoms with E-state index in [4.69, 9.17) is 4.74 Å². The lowest BCUT2D eigenvalue weighted by molar-refractivity contribution is 0.0633. The number of carbonyl (C=O) groups excluding carboxylic acids is 1. The number of benzene rings is 1. The number of ether oxygens (including phenoxy) is 1. The van der Waals surface area contributed by atoms with Crippen LogP contribution in [0.5, 0.6) is 5.75 Å². The van der Waals surface area contributed by atoms with Gasteiger partial charge >= 0.3 is 0 Å². The van der Waals surface area contributed by atoms with Crippen molar-refractivity contribution >= 4 is 27.5 Å². The molecule has 2 aromatic heterocycles. The highest BCUT2D eigenvalue weighted by Crippen LogP contribution is 2.23. The molecule has 1 aromatic carbocycles. The Hall–Kier alpha value is -2.47. The third-order valence-corrected chi connectivity index (χ3v) is 5.53. The Morgan fingerprint density at radius 3 is 3.12 bits per heavy atom. The highest BCUT2D eigenvalue weighted by molar-refractivity contribution is 7.16. The minimum atomic E-state index is 0.102. The molecule has 3 heterocycles. The van der Waals surface area contributed by atoms with Gasteiger partial charge < -0.3 is 9.64 Å². The smallest absolute Gasteiger partial charge is 0.253 e. The molecule has 0 radical (unpaired) electrons. The Morgan fingerprint density at radius 1 is 1.31 bits per heavy atom. The second kappa shape index (κ2) is 7.41. The molecule has 134 valence electrons. The number of rotatable bonds is 4. The number of carbonyl (C=O) groups is 1. The van der Waals surface area contributed by atoms with Crippen LogP contribution in [-0.4, -0.2) is 40.5 Å². The summed E-state index contributed by atoms with van der Waals surface area (Å²) in [6.07, 6.45) is 3.86. The number of piperidine rings is 1. The van der Waals surface area contributed by atoms with Crippen LogP contribution in [0.1, 0.15) is 28.9 Å². The average molecular weight is 367 g/mol. The predicted octanol–water partition coefficient (Wildman–Crippen LogP) is 3.93. The fraction of sp³-hybridized carbons (Fsp3) is 0.350. The van der Waals surface area contributed by atoms with Gasteiger partial charge in [0.05, 0.1) is 22.3 Å². The fourth-order valence-corrected chi connectivity index (χ4v) is 4.10. The zero-order valence-corrected chi connectivity index (χ0v) is 15.5. The highest BCUT2D eigenvalue weighted by atomic mass is 32.1. The number of aromatic nitrogens is 2. The third kappa shape index (κ3) is 3.70. The second-order valence-corrected chi connectivity index (χ2v) is 7.62. The number of fused-ring (bicyclic) bond motifs is 1. The molecule has 0 bridgehead atoms. The summed E-state index contributed by atoms with van der Waals surface area (Å²) in [7, 11) is 0. The molecule has 26 heavy (non-hydrogen) atoms. The molecule has 1 atom stereocenters. The first-order valence-corrected chi connectivity index (χ1v) is 9.75. The summed E-state index contributed by atoms with van der Waals surface area (Å²) in [5, 5.41) is 0. The van der Waals surface area contributed by atoms with Gasteiger partial charge in [-0.05, 0) is 44.0 Å². The van der Waals surface area contributed by atoms with Gasteiger partial charge in [-0.1, -0.05) is 0 Å². The van der Waals surface area contributed by atoms with Crippen LogP contribution >= 0.6 is 11.3 Å². The summed E-state index contributed by atoms with van der Waals surface area (Å²) in [6.45, 7) is 4.13. The van der Waals surface area contributed by atoms with Gasteiger partial charge in [-0.2, -0.15) is 0 Å². The summed E-state index contributed by atoms with van der Waals surface area (Å²) >= 11 is 1.57. The summed E-state index contributed by atoms with van der Waals surface area (Å²) in [5.41, 5.74) is 4.45. The van der Waals surface area contributed by atoms with Gasteiger partial charge in [-0.3, -0.25) is 9.78 Å². The Morgan fingerprint density at radius 2 is 2.23 bits per heavy atom. The Labute approximate surface area is 156 Å². The van der Waals surface area contributed by atoms with Crippen LogP contribution in [0.2, 0.25) is 0 Å². The average Bonchev–Trinajstić information content (AvgIpc) is 3.14. The molecule has 0 saturated carbocycles. The van der Waals surface area contributed by atoms with Crippen molar-refractivity contribution in [3.63, 3.8) is 0 Å². The van der Waals surface area contributed by atoms with Crippen molar-refractivity contribution < 1.29 is 9.53 Å². The Balaban J connectivity index is 1.40. The Kier molecular flexibility index (Phi) is 4.84. The molecule has 1 aliphatic heterocycles. The monoisotopic (exact) mass is 367 g/mol. The van der Waals surface area contributed by atoms with Crippen molar-refractivity contribution in [3.05, 3.63) is 53.3 Å². The molecular formula is C20H21N3O2S. The molecule has 6 heteroatoms. The van der Waals surface area contributed by atoms with E-state index in [2.05, 4.69) is 9.97 Å². The summed E-state index contributed by atoms with van der Waals surface area (Å²) in [4.78, 5) is 23.3. The second-order valence-electron chi connectivity index (χ2n) is 6.74. The van der Waals surface area contributed by atoms with Crippen molar-refractivity contribution in [1.29, 1.82) is 0 Å². The maximum absolute atomic E-state index is 12.9. The summed E-state index contributed by atoms with van der Waals surface area (Å²) in [5.74, 6) is 1.30. The van der Waals surface area contributed by atoms with Gasteiger partial charge in [0.2, 0.25) is 0 Å². The first-order valence-electron chi connectivity index (χ1n) is 8.87. The van der Waals surface area contributed by atoms with Gasteiger partial charge in [-0.25, -0.2) is 4.98 Å². The van der Waals surface area contributed by atoms with Crippen LogP contribution in [0.4, 0.5) is 0 Å². The largest absolute Gasteiger partial charge is 0.493 e. The van der Waals surface area contributed by atoms with E-state index in [1.54, 1.807) is 17.5 Å². The van der Waals surface area contributed by atoms with Crippen molar-refractivity contribution in [2.75, 3.05) is 19.7 Å². The Bertz CT molecular complexity index is 924. The highest BCUT2D eigenvalue weighted by Gasteiger charge is 2.25. The molecule has 1 aliphatic rings. The minimum Gasteiger partial charge on any atom is -0.493 e. The van der Waals surface area contributed by atoms with Crippen LogP contribution in [0.15, 0.2) is 42.0 Å². The van der Waals surface area contributed by atoms with E-state index < -0.39 is 0 Å². The summed E-state index contributed by atoms with van der Waals surface area (Å²) in [6, 6.07) is 9.58. The zero-order valence-electron chi connectivity index (χ0n) is 14.7. The lowest BCUT2D eigenvalue weighted by atomic mass is 9.98. The van der Waals surface area contributed by atoms with E-state index in [1.165, 1.54) is 0 Å². The SMILES string of the molecule is Cc1cc(OCC2CCCN(C(=O)c3ccc4ncsc4c3)C2)ccn1. The molecule has 1 unspecified atom stereocenters. The van der Waals surface area contributed by atoms with E-state index in [9.17, 15) is 4.79 Å². The van der Waals surface area contributed by atoms with Crippen molar-refractivity contribution in [3.8, 4) is 5.75 Å². The molecule has 5 nitrogen and oxygen atoms in total. The molecule has 4 rings (SSSR count). The lowest BCUT2D eigenvalue weighted by Crippen LogP contribution is -2.41. The molecule has 0 spiro atoms. The molecule has 0 aliphatic carbocycles. The normalized spacial score (nSPS) is 17.4. The lowest BCUT2D eigenvalue weighted by Gasteiger charge is -2.32. The van der Waals surface area contributed by atoms with Gasteiger partial charge in [0, 0.05) is 42.5 Å². The number of hydrogen-bond acceptors (Lipinski definition) is 5. The van der Waals surface area contributed by atoms with Crippen LogP contribution in [-0.2, 0) is 0 Å². The zero-order chi connectivity index (χ0) is 17.9. The predicted molar refractivity (Wildman–Crippen MR) is 103 cm³/mol. The number of amides is 1. The van der Waals surface area contributed by atoms with Gasteiger partial charge in [-0.15, -0.1) is 11.3 Å². The van der Waals surface area contributed by atoms with E-state index >= 15 is 0 Å². The first kappa shape index (κ1) is 17.0. The van der Waals surface area contributed by atoms with E-state index in [-0.39, 0.29) is 5.91 Å². The van der Waals surface area contributed by atoms with Crippen molar-refractivity contribution in [1.82, 2.24) is 14.9 Å². The number of likely N-dealkylation sites (tertiary alicyclic amines) is 1. The summed E-state index contributed by atoms with van der Waals surface area (Å²) < 4.78 is 6.98. The maximum atomic E-state index is 12.9. The molecule has 0 N–H and O–H groups in total. The van der Waals surface area contributed by atoms with Gasteiger partial charge in [0.25, 0.3) is 5.91 Å². The van der Waals surface area contributed by atoms with E-state index in [1.807, 2.05) is 47.7 Å².